The fraction of sp³-hybridized carbons (Fsp3) is 0.754. The lowest BCUT2D eigenvalue weighted by Crippen LogP contribution is -2.29. The first-order valence-electron chi connectivity index (χ1n) is 31.1. The smallest absolute Gasteiger partial charge is 0.462 e. The number of nitrogens with two attached hydrogens (primary N) is 1. The lowest BCUT2D eigenvalue weighted by Gasteiger charge is -2.19. The Morgan fingerprint density at radius 1 is 0.413 bits per heavy atom. The minimum Gasteiger partial charge on any atom is -0.462 e. The molecule has 0 rings (SSSR count). The van der Waals surface area contributed by atoms with E-state index in [-0.39, 0.29) is 32.6 Å². The number of phosphoric ester groups is 1. The van der Waals surface area contributed by atoms with Gasteiger partial charge in [-0.2, -0.15) is 0 Å². The van der Waals surface area contributed by atoms with E-state index in [1.54, 1.807) is 0 Å². The van der Waals surface area contributed by atoms with Crippen molar-refractivity contribution >= 4 is 19.8 Å². The topological polar surface area (TPSA) is 134 Å². The lowest BCUT2D eigenvalue weighted by atomic mass is 10.0. The van der Waals surface area contributed by atoms with Crippen molar-refractivity contribution in [2.75, 3.05) is 26.4 Å². The second-order valence-corrected chi connectivity index (χ2v) is 22.0. The Labute approximate surface area is 462 Å². The normalized spacial score (nSPS) is 13.6. The van der Waals surface area contributed by atoms with Gasteiger partial charge in [0.1, 0.15) is 6.61 Å². The largest absolute Gasteiger partial charge is 0.472 e. The molecule has 2 unspecified atom stereocenters. The Balaban J connectivity index is 3.80. The average Bonchev–Trinajstić information content (AvgIpc) is 3.40. The molecule has 75 heavy (non-hydrogen) atoms. The zero-order chi connectivity index (χ0) is 54.5. The van der Waals surface area contributed by atoms with Gasteiger partial charge in [-0.05, 0) is 89.9 Å². The molecule has 0 aliphatic carbocycles. The Morgan fingerprint density at radius 2 is 0.733 bits per heavy atom. The fourth-order valence-electron chi connectivity index (χ4n) is 8.69. The number of carbonyl (C=O) groups excluding carboxylic acids is 2. The maximum absolute atomic E-state index is 12.7. The van der Waals surface area contributed by atoms with Crippen LogP contribution >= 0.6 is 7.82 Å². The highest BCUT2D eigenvalue weighted by Crippen LogP contribution is 2.43. The van der Waals surface area contributed by atoms with Gasteiger partial charge in [0.05, 0.1) is 13.2 Å². The van der Waals surface area contributed by atoms with Gasteiger partial charge in [0.25, 0.3) is 0 Å². The average molecular weight is 1070 g/mol. The quantitative estimate of drug-likeness (QED) is 0.0264. The molecule has 0 saturated carbocycles. The monoisotopic (exact) mass is 1070 g/mol. The van der Waals surface area contributed by atoms with Crippen molar-refractivity contribution in [3.05, 3.63) is 85.1 Å². The summed E-state index contributed by atoms with van der Waals surface area (Å²) in [5, 5.41) is 0. The van der Waals surface area contributed by atoms with Gasteiger partial charge in [0, 0.05) is 19.4 Å². The number of ether oxygens (including phenoxy) is 2. The molecule has 3 N–H and O–H groups in total. The van der Waals surface area contributed by atoms with Gasteiger partial charge in [0.15, 0.2) is 6.10 Å². The van der Waals surface area contributed by atoms with E-state index in [4.69, 9.17) is 24.3 Å². The summed E-state index contributed by atoms with van der Waals surface area (Å²) < 4.78 is 33.0. The van der Waals surface area contributed by atoms with Crippen molar-refractivity contribution in [1.29, 1.82) is 0 Å². The van der Waals surface area contributed by atoms with Crippen molar-refractivity contribution in [2.45, 2.75) is 290 Å². The van der Waals surface area contributed by atoms with E-state index in [1.165, 1.54) is 154 Å². The van der Waals surface area contributed by atoms with E-state index in [9.17, 15) is 19.0 Å². The number of rotatable bonds is 58. The van der Waals surface area contributed by atoms with Crippen LogP contribution in [0.2, 0.25) is 0 Å². The molecular formula is C65H116NO8P. The third-order valence-electron chi connectivity index (χ3n) is 13.3. The number of carbonyl (C=O) groups is 2. The summed E-state index contributed by atoms with van der Waals surface area (Å²) in [6.07, 6.45) is 79.6. The molecule has 0 radical (unpaired) electrons. The summed E-state index contributed by atoms with van der Waals surface area (Å²) >= 11 is 0. The summed E-state index contributed by atoms with van der Waals surface area (Å²) in [6.45, 7) is 3.61. The number of allylic oxidation sites excluding steroid dienone is 14. The summed E-state index contributed by atoms with van der Waals surface area (Å²) in [5.74, 6) is -0.836. The first-order valence-corrected chi connectivity index (χ1v) is 32.6. The zero-order valence-electron chi connectivity index (χ0n) is 48.5. The molecule has 2 atom stereocenters. The van der Waals surface area contributed by atoms with Gasteiger partial charge >= 0.3 is 19.8 Å². The van der Waals surface area contributed by atoms with Crippen molar-refractivity contribution < 1.29 is 37.6 Å². The van der Waals surface area contributed by atoms with Crippen LogP contribution in [0.1, 0.15) is 284 Å². The second-order valence-electron chi connectivity index (χ2n) is 20.5. The molecule has 0 amide bonds. The number of hydrogen-bond donors (Lipinski definition) is 2. The van der Waals surface area contributed by atoms with Crippen LogP contribution in [0, 0.1) is 0 Å². The van der Waals surface area contributed by atoms with Gasteiger partial charge in [-0.15, -0.1) is 0 Å². The van der Waals surface area contributed by atoms with Crippen LogP contribution in [0.25, 0.3) is 0 Å². The molecule has 0 heterocycles. The molecule has 0 bridgehead atoms. The Morgan fingerprint density at radius 3 is 1.09 bits per heavy atom. The zero-order valence-corrected chi connectivity index (χ0v) is 49.4. The molecule has 0 aromatic carbocycles. The highest BCUT2D eigenvalue weighted by Gasteiger charge is 2.26. The summed E-state index contributed by atoms with van der Waals surface area (Å²) in [4.78, 5) is 35.1. The summed E-state index contributed by atoms with van der Waals surface area (Å²) in [7, 11) is -4.39. The van der Waals surface area contributed by atoms with Crippen molar-refractivity contribution in [3.63, 3.8) is 0 Å². The third-order valence-corrected chi connectivity index (χ3v) is 14.2. The number of esters is 2. The van der Waals surface area contributed by atoms with E-state index < -0.39 is 32.5 Å². The second kappa shape index (κ2) is 60.4. The molecule has 434 valence electrons. The Bertz CT molecular complexity index is 1500. The predicted octanol–water partition coefficient (Wildman–Crippen LogP) is 19.9. The van der Waals surface area contributed by atoms with E-state index in [0.717, 1.165) is 89.9 Å². The van der Waals surface area contributed by atoms with Crippen molar-refractivity contribution in [2.24, 2.45) is 5.73 Å². The first kappa shape index (κ1) is 72.2. The highest BCUT2D eigenvalue weighted by atomic mass is 31.2. The van der Waals surface area contributed by atoms with Crippen molar-refractivity contribution in [1.82, 2.24) is 0 Å². The van der Waals surface area contributed by atoms with Gasteiger partial charge in [-0.1, -0.05) is 266 Å². The predicted molar refractivity (Wildman–Crippen MR) is 321 cm³/mol. The molecule has 0 aromatic rings. The molecule has 0 aliphatic rings. The van der Waals surface area contributed by atoms with E-state index in [1.807, 2.05) is 0 Å². The minimum atomic E-state index is -4.39. The molecule has 9 nitrogen and oxygen atoms in total. The molecule has 0 spiro atoms. The molecule has 0 aliphatic heterocycles. The van der Waals surface area contributed by atoms with Crippen LogP contribution < -0.4 is 5.73 Å². The SMILES string of the molecule is CC/C=C\C/C=C\C/C=C\C/C=C\C/C=C\CCCCCCCCCCCCCCCCCCCCCCCCCC(=O)OC(COC(=O)CCCCCCC/C=C\C/C=C\CCCCC)COP(=O)(O)OCCN. The van der Waals surface area contributed by atoms with Crippen LogP contribution in [0.5, 0.6) is 0 Å². The van der Waals surface area contributed by atoms with E-state index in [2.05, 4.69) is 98.9 Å². The first-order chi connectivity index (χ1) is 36.8. The molecule has 0 saturated heterocycles. The van der Waals surface area contributed by atoms with Gasteiger partial charge in [0.2, 0.25) is 0 Å². The summed E-state index contributed by atoms with van der Waals surface area (Å²) in [6, 6.07) is 0. The Kier molecular flexibility index (Phi) is 58.2. The maximum Gasteiger partial charge on any atom is 0.472 e. The van der Waals surface area contributed by atoms with Crippen LogP contribution in [-0.2, 0) is 32.7 Å². The van der Waals surface area contributed by atoms with Gasteiger partial charge in [-0.3, -0.25) is 18.6 Å². The van der Waals surface area contributed by atoms with Crippen LogP contribution in [-0.4, -0.2) is 49.3 Å². The van der Waals surface area contributed by atoms with Crippen LogP contribution in [0.4, 0.5) is 0 Å². The van der Waals surface area contributed by atoms with E-state index in [0.29, 0.717) is 12.8 Å². The molecule has 0 fully saturated rings. The lowest BCUT2D eigenvalue weighted by molar-refractivity contribution is -0.161. The number of unbranched alkanes of at least 4 members (excludes halogenated alkanes) is 31. The van der Waals surface area contributed by atoms with Gasteiger partial charge in [-0.25, -0.2) is 4.57 Å². The van der Waals surface area contributed by atoms with Crippen molar-refractivity contribution in [3.8, 4) is 0 Å². The standard InChI is InChI=1S/C65H116NO8P/c1-3-5-7-9-11-13-15-17-19-20-21-22-23-24-25-26-27-28-29-30-31-32-33-34-35-36-37-38-39-40-41-42-44-46-48-50-52-54-56-58-65(68)74-63(62-73-75(69,70)72-60-59-66)61-71-64(67)57-55-53-51-49-47-45-43-18-16-14-12-10-8-6-4-2/h5,7,11-14,17-19,21-22,24-25,43,63H,3-4,6,8-10,15-16,20,23,26-42,44-62,66H2,1-2H3,(H,69,70)/b7-5-,13-11-,14-12-,19-17-,22-21-,25-24-,43-18-. The maximum atomic E-state index is 12.7. The van der Waals surface area contributed by atoms with Crippen LogP contribution in [0.15, 0.2) is 85.1 Å². The summed E-state index contributed by atoms with van der Waals surface area (Å²) in [5.41, 5.74) is 5.38. The minimum absolute atomic E-state index is 0.0505. The van der Waals surface area contributed by atoms with E-state index >= 15 is 0 Å². The highest BCUT2D eigenvalue weighted by molar-refractivity contribution is 7.47. The fourth-order valence-corrected chi connectivity index (χ4v) is 9.46. The van der Waals surface area contributed by atoms with Gasteiger partial charge < -0.3 is 20.1 Å². The third kappa shape index (κ3) is 60.3. The molecular weight excluding hydrogens is 954 g/mol. The van der Waals surface area contributed by atoms with Crippen LogP contribution in [0.3, 0.4) is 0 Å². The number of hydrogen-bond acceptors (Lipinski definition) is 8. The molecule has 0 aromatic heterocycles. The number of phosphoric acid groups is 1. The Hall–Kier alpha value is -2.81. The molecule has 10 heteroatoms.